The molecule has 0 fully saturated rings. The number of hydrogen-bond donors (Lipinski definition) is 0. The third-order valence-electron chi connectivity index (χ3n) is 7.92. The molecule has 0 atom stereocenters. The van der Waals surface area contributed by atoms with Gasteiger partial charge in [0.2, 0.25) is 0 Å². The van der Waals surface area contributed by atoms with Gasteiger partial charge in [0.1, 0.15) is 16.6 Å². The quantitative estimate of drug-likeness (QED) is 0.199. The van der Waals surface area contributed by atoms with Gasteiger partial charge in [-0.3, -0.25) is 0 Å². The van der Waals surface area contributed by atoms with Crippen LogP contribution in [0.3, 0.4) is 0 Å². The lowest BCUT2D eigenvalue weighted by atomic mass is 9.99. The summed E-state index contributed by atoms with van der Waals surface area (Å²) in [6.07, 6.45) is 0. The van der Waals surface area contributed by atoms with Crippen LogP contribution in [0.1, 0.15) is 0 Å². The summed E-state index contributed by atoms with van der Waals surface area (Å²) in [5.41, 5.74) is 9.38. The minimum Gasteiger partial charge on any atom is -0.303 e. The van der Waals surface area contributed by atoms with Crippen LogP contribution in [-0.4, -0.2) is 30.9 Å². The van der Waals surface area contributed by atoms with E-state index >= 15 is 0 Å². The molecule has 10 nitrogen and oxygen atoms in total. The third kappa shape index (κ3) is 3.68. The largest absolute Gasteiger partial charge is 0.303 e. The van der Waals surface area contributed by atoms with Gasteiger partial charge in [-0.2, -0.15) is 0 Å². The number of rotatable bonds is 5. The number of hydrogen-bond acceptors (Lipinski definition) is 10. The lowest BCUT2D eigenvalue weighted by molar-refractivity contribution is 0.315. The molecule has 0 aliphatic heterocycles. The molecule has 0 amide bonds. The fourth-order valence-corrected chi connectivity index (χ4v) is 5.87. The maximum Gasteiger partial charge on any atom is 0.159 e. The van der Waals surface area contributed by atoms with Gasteiger partial charge in [0.05, 0.1) is 17.1 Å². The maximum atomic E-state index is 5.38. The Balaban J connectivity index is 1.29. The Bertz CT molecular complexity index is 2480. The molecular weight excluding hydrogens is 554 g/mol. The van der Waals surface area contributed by atoms with Crippen molar-refractivity contribution >= 4 is 60.9 Å². The van der Waals surface area contributed by atoms with Crippen molar-refractivity contribution in [2.24, 2.45) is 0 Å². The van der Waals surface area contributed by atoms with E-state index in [9.17, 15) is 0 Å². The summed E-state index contributed by atoms with van der Waals surface area (Å²) in [7, 11) is 0. The van der Waals surface area contributed by atoms with E-state index in [1.807, 2.05) is 89.8 Å². The molecule has 0 bridgehead atoms. The fraction of sp³-hybridized carbons (Fsp3) is 0. The second-order valence-electron chi connectivity index (χ2n) is 10.4. The van der Waals surface area contributed by atoms with Gasteiger partial charge in [-0.25, -0.2) is 13.9 Å². The van der Waals surface area contributed by atoms with Crippen LogP contribution < -0.4 is 4.90 Å². The van der Waals surface area contributed by atoms with Gasteiger partial charge in [-0.1, -0.05) is 72.8 Å². The number of nitrogens with zero attached hydrogens (tertiary/aromatic N) is 7. The molecule has 44 heavy (non-hydrogen) atoms. The van der Waals surface area contributed by atoms with Gasteiger partial charge in [-0.05, 0) is 95.3 Å². The van der Waals surface area contributed by atoms with Gasteiger partial charge < -0.3 is 4.90 Å². The summed E-state index contributed by atoms with van der Waals surface area (Å²) in [4.78, 5) is 1.99. The van der Waals surface area contributed by atoms with Crippen molar-refractivity contribution in [3.63, 3.8) is 0 Å². The smallest absolute Gasteiger partial charge is 0.159 e. The summed E-state index contributed by atoms with van der Waals surface area (Å²) in [5.74, 6) is 0. The minimum absolute atomic E-state index is 0.556. The van der Waals surface area contributed by atoms with Crippen LogP contribution >= 0.6 is 0 Å². The normalized spacial score (nSPS) is 11.6. The Hall–Kier alpha value is -6.42. The number of anilines is 3. The highest BCUT2D eigenvalue weighted by molar-refractivity contribution is 6.09. The monoisotopic (exact) mass is 573 g/mol. The molecule has 6 aromatic carbocycles. The molecule has 9 aromatic rings. The van der Waals surface area contributed by atoms with Gasteiger partial charge in [-0.15, -0.1) is 0 Å². The average molecular weight is 574 g/mol. The summed E-state index contributed by atoms with van der Waals surface area (Å²) in [6.45, 7) is 0. The molecule has 0 saturated heterocycles. The lowest BCUT2D eigenvalue weighted by Gasteiger charge is -2.25. The highest BCUT2D eigenvalue weighted by Gasteiger charge is 2.27. The molecule has 0 spiro atoms. The SMILES string of the molecule is c1ccc(-c2ccc(N(c3cccc4nonc34)c3ccc(-c4ccc5ccccc5c4)c4nonc34)c3nonc23)cc1. The Morgan fingerprint density at radius 2 is 0.977 bits per heavy atom. The number of aromatic nitrogens is 6. The van der Waals surface area contributed by atoms with Crippen molar-refractivity contribution in [1.29, 1.82) is 0 Å². The van der Waals surface area contributed by atoms with E-state index in [2.05, 4.69) is 61.3 Å². The molecule has 9 rings (SSSR count). The second-order valence-corrected chi connectivity index (χ2v) is 10.4. The van der Waals surface area contributed by atoms with Crippen LogP contribution in [0.4, 0.5) is 17.1 Å². The Morgan fingerprint density at radius 3 is 1.73 bits per heavy atom. The highest BCUT2D eigenvalue weighted by Crippen LogP contribution is 2.45. The van der Waals surface area contributed by atoms with E-state index in [-0.39, 0.29) is 0 Å². The van der Waals surface area contributed by atoms with Crippen molar-refractivity contribution in [3.8, 4) is 22.3 Å². The molecule has 0 aliphatic carbocycles. The van der Waals surface area contributed by atoms with Crippen LogP contribution in [-0.2, 0) is 0 Å². The van der Waals surface area contributed by atoms with E-state index in [1.54, 1.807) is 0 Å². The number of benzene rings is 6. The summed E-state index contributed by atoms with van der Waals surface area (Å²) < 4.78 is 15.8. The molecule has 3 aromatic heterocycles. The second kappa shape index (κ2) is 9.57. The molecule has 0 saturated carbocycles. The van der Waals surface area contributed by atoms with Crippen molar-refractivity contribution in [2.45, 2.75) is 0 Å². The first-order chi connectivity index (χ1) is 21.8. The first-order valence-electron chi connectivity index (χ1n) is 13.9. The van der Waals surface area contributed by atoms with E-state index in [4.69, 9.17) is 13.9 Å². The van der Waals surface area contributed by atoms with E-state index < -0.39 is 0 Å². The first-order valence-corrected chi connectivity index (χ1v) is 13.9. The maximum absolute atomic E-state index is 5.38. The Labute approximate surface area is 248 Å². The van der Waals surface area contributed by atoms with Crippen LogP contribution in [0.15, 0.2) is 129 Å². The van der Waals surface area contributed by atoms with E-state index in [1.165, 1.54) is 0 Å². The highest BCUT2D eigenvalue weighted by atomic mass is 16.6. The third-order valence-corrected chi connectivity index (χ3v) is 7.92. The van der Waals surface area contributed by atoms with Crippen molar-refractivity contribution in [3.05, 3.63) is 115 Å². The zero-order valence-corrected chi connectivity index (χ0v) is 22.8. The van der Waals surface area contributed by atoms with Crippen LogP contribution in [0.5, 0.6) is 0 Å². The Morgan fingerprint density at radius 1 is 0.386 bits per heavy atom. The standard InChI is InChI=1S/C34H19N7O3/c1-2-8-21(9-3-1)24-15-17-28(33-30(24)36-43-39-33)41(27-12-6-11-26-32(27)38-42-35-26)29-18-16-25(31-34(29)40-44-37-31)23-14-13-20-7-4-5-10-22(20)19-23/h1-19H. The Kier molecular flexibility index (Phi) is 5.26. The average Bonchev–Trinajstić information content (AvgIpc) is 3.87. The summed E-state index contributed by atoms with van der Waals surface area (Å²) in [5, 5.41) is 28.0. The molecule has 0 aliphatic rings. The van der Waals surface area contributed by atoms with Crippen LogP contribution in [0.2, 0.25) is 0 Å². The predicted octanol–water partition coefficient (Wildman–Crippen LogP) is 8.25. The molecule has 0 radical (unpaired) electrons. The summed E-state index contributed by atoms with van der Waals surface area (Å²) >= 11 is 0. The van der Waals surface area contributed by atoms with Crippen molar-refractivity contribution in [1.82, 2.24) is 30.9 Å². The lowest BCUT2D eigenvalue weighted by Crippen LogP contribution is -2.12. The van der Waals surface area contributed by atoms with Gasteiger partial charge in [0.15, 0.2) is 16.6 Å². The fourth-order valence-electron chi connectivity index (χ4n) is 5.87. The zero-order chi connectivity index (χ0) is 29.0. The topological polar surface area (TPSA) is 120 Å². The summed E-state index contributed by atoms with van der Waals surface area (Å²) in [6, 6.07) is 38.3. The molecule has 0 unspecified atom stereocenters. The van der Waals surface area contributed by atoms with E-state index in [0.717, 1.165) is 33.0 Å². The van der Waals surface area contributed by atoms with Crippen LogP contribution in [0.25, 0.3) is 66.1 Å². The molecular formula is C34H19N7O3. The van der Waals surface area contributed by atoms with Crippen molar-refractivity contribution in [2.75, 3.05) is 4.90 Å². The molecule has 10 heteroatoms. The minimum atomic E-state index is 0.556. The molecule has 0 N–H and O–H groups in total. The molecule has 208 valence electrons. The molecule has 3 heterocycles. The predicted molar refractivity (Wildman–Crippen MR) is 166 cm³/mol. The van der Waals surface area contributed by atoms with Gasteiger partial charge in [0, 0.05) is 11.1 Å². The van der Waals surface area contributed by atoms with Gasteiger partial charge in [0.25, 0.3) is 0 Å². The number of fused-ring (bicyclic) bond motifs is 4. The van der Waals surface area contributed by atoms with Crippen molar-refractivity contribution < 1.29 is 13.9 Å². The first kappa shape index (κ1) is 24.2. The zero-order valence-electron chi connectivity index (χ0n) is 22.8. The van der Waals surface area contributed by atoms with Gasteiger partial charge >= 0.3 is 0 Å². The van der Waals surface area contributed by atoms with Crippen LogP contribution in [0, 0.1) is 0 Å². The van der Waals surface area contributed by atoms with E-state index in [0.29, 0.717) is 50.2 Å².